The number of ether oxygens (including phenoxy) is 1. The molecule has 3 amide bonds. The van der Waals surface area contributed by atoms with E-state index in [4.69, 9.17) is 4.74 Å². The van der Waals surface area contributed by atoms with Gasteiger partial charge < -0.3 is 19.9 Å². The second-order valence-corrected chi connectivity index (χ2v) is 7.54. The molecule has 2 saturated heterocycles. The zero-order valence-electron chi connectivity index (χ0n) is 17.0. The molecule has 0 saturated carbocycles. The third-order valence-electron chi connectivity index (χ3n) is 5.44. The molecule has 0 spiro atoms. The van der Waals surface area contributed by atoms with E-state index < -0.39 is 0 Å². The predicted octanol–water partition coefficient (Wildman–Crippen LogP) is 0.336. The summed E-state index contributed by atoms with van der Waals surface area (Å²) in [4.78, 5) is 42.8. The first kappa shape index (κ1) is 21.3. The zero-order chi connectivity index (χ0) is 20.6. The standard InChI is InChI=1S/C21H30N4O4/c1-29-13-5-8-22-19(26)16-23-9-11-24(12-10-23)21(28)17-14-20(27)25(15-17)18-6-3-2-4-7-18/h2-4,6-7,17H,5,8-16H2,1H3,(H,22,26). The molecular weight excluding hydrogens is 372 g/mol. The lowest BCUT2D eigenvalue weighted by Crippen LogP contribution is -2.52. The molecule has 1 atom stereocenters. The third-order valence-corrected chi connectivity index (χ3v) is 5.44. The number of amides is 3. The van der Waals surface area contributed by atoms with Crippen molar-refractivity contribution in [2.75, 3.05) is 64.4 Å². The van der Waals surface area contributed by atoms with Crippen LogP contribution in [0, 0.1) is 5.92 Å². The third kappa shape index (κ3) is 5.77. The fraction of sp³-hybridized carbons (Fsp3) is 0.571. The van der Waals surface area contributed by atoms with Crippen molar-refractivity contribution in [2.24, 2.45) is 5.92 Å². The first-order valence-electron chi connectivity index (χ1n) is 10.2. The van der Waals surface area contributed by atoms with E-state index in [1.807, 2.05) is 35.2 Å². The smallest absolute Gasteiger partial charge is 0.234 e. The van der Waals surface area contributed by atoms with Crippen molar-refractivity contribution in [1.82, 2.24) is 15.1 Å². The van der Waals surface area contributed by atoms with Crippen LogP contribution in [0.1, 0.15) is 12.8 Å². The molecule has 0 aliphatic carbocycles. The molecule has 2 heterocycles. The number of piperazine rings is 1. The van der Waals surface area contributed by atoms with Crippen LogP contribution in [0.3, 0.4) is 0 Å². The molecule has 1 unspecified atom stereocenters. The van der Waals surface area contributed by atoms with E-state index in [1.54, 1.807) is 12.0 Å². The molecule has 2 aliphatic rings. The Morgan fingerprint density at radius 2 is 1.86 bits per heavy atom. The fourth-order valence-electron chi connectivity index (χ4n) is 3.82. The van der Waals surface area contributed by atoms with Crippen LogP contribution in [0.15, 0.2) is 30.3 Å². The van der Waals surface area contributed by atoms with Crippen molar-refractivity contribution in [1.29, 1.82) is 0 Å². The molecular formula is C21H30N4O4. The van der Waals surface area contributed by atoms with Crippen molar-refractivity contribution >= 4 is 23.4 Å². The average molecular weight is 402 g/mol. The summed E-state index contributed by atoms with van der Waals surface area (Å²) in [5.41, 5.74) is 0.842. The summed E-state index contributed by atoms with van der Waals surface area (Å²) in [5, 5.41) is 2.88. The molecule has 158 valence electrons. The Balaban J connectivity index is 1.42. The lowest BCUT2D eigenvalue weighted by molar-refractivity contribution is -0.137. The van der Waals surface area contributed by atoms with Gasteiger partial charge in [-0.25, -0.2) is 0 Å². The monoisotopic (exact) mass is 402 g/mol. The minimum Gasteiger partial charge on any atom is -0.385 e. The minimum absolute atomic E-state index is 0.000715. The second kappa shape index (κ2) is 10.4. The maximum atomic E-state index is 12.9. The number of para-hydroxylation sites is 1. The second-order valence-electron chi connectivity index (χ2n) is 7.54. The van der Waals surface area contributed by atoms with E-state index in [2.05, 4.69) is 10.2 Å². The van der Waals surface area contributed by atoms with Crippen LogP contribution in [0.2, 0.25) is 0 Å². The Morgan fingerprint density at radius 1 is 1.14 bits per heavy atom. The number of rotatable bonds is 8. The maximum Gasteiger partial charge on any atom is 0.234 e. The number of carbonyl (C=O) groups is 3. The molecule has 3 rings (SSSR count). The number of nitrogens with zero attached hydrogens (tertiary/aromatic N) is 3. The van der Waals surface area contributed by atoms with Crippen LogP contribution < -0.4 is 10.2 Å². The predicted molar refractivity (Wildman–Crippen MR) is 109 cm³/mol. The molecule has 0 aromatic heterocycles. The molecule has 1 N–H and O–H groups in total. The molecule has 1 aromatic rings. The topological polar surface area (TPSA) is 82.2 Å². The van der Waals surface area contributed by atoms with Crippen LogP contribution in [-0.4, -0.2) is 87.1 Å². The summed E-state index contributed by atoms with van der Waals surface area (Å²) < 4.78 is 4.97. The molecule has 2 aliphatic heterocycles. The number of anilines is 1. The van der Waals surface area contributed by atoms with Crippen LogP contribution >= 0.6 is 0 Å². The van der Waals surface area contributed by atoms with E-state index in [-0.39, 0.29) is 30.1 Å². The van der Waals surface area contributed by atoms with Crippen LogP contribution in [0.4, 0.5) is 5.69 Å². The van der Waals surface area contributed by atoms with Gasteiger partial charge in [-0.2, -0.15) is 0 Å². The number of benzene rings is 1. The summed E-state index contributed by atoms with van der Waals surface area (Å²) in [6.07, 6.45) is 1.06. The molecule has 0 radical (unpaired) electrons. The van der Waals surface area contributed by atoms with Crippen molar-refractivity contribution in [3.05, 3.63) is 30.3 Å². The maximum absolute atomic E-state index is 12.9. The highest BCUT2D eigenvalue weighted by Gasteiger charge is 2.37. The fourth-order valence-corrected chi connectivity index (χ4v) is 3.82. The van der Waals surface area contributed by atoms with Gasteiger partial charge in [-0.05, 0) is 18.6 Å². The number of hydrogen-bond acceptors (Lipinski definition) is 5. The van der Waals surface area contributed by atoms with Gasteiger partial charge >= 0.3 is 0 Å². The van der Waals surface area contributed by atoms with E-state index in [1.165, 1.54) is 0 Å². The van der Waals surface area contributed by atoms with Crippen molar-refractivity contribution < 1.29 is 19.1 Å². The molecule has 2 fully saturated rings. The highest BCUT2D eigenvalue weighted by molar-refractivity contribution is 6.00. The Hall–Kier alpha value is -2.45. The summed E-state index contributed by atoms with van der Waals surface area (Å²) >= 11 is 0. The number of nitrogens with one attached hydrogen (secondary N) is 1. The number of hydrogen-bond donors (Lipinski definition) is 1. The minimum atomic E-state index is -0.293. The highest BCUT2D eigenvalue weighted by atomic mass is 16.5. The SMILES string of the molecule is COCCCNC(=O)CN1CCN(C(=O)C2CC(=O)N(c3ccccc3)C2)CC1. The normalized spacial score (nSPS) is 20.2. The van der Waals surface area contributed by atoms with Gasteiger partial charge in [-0.15, -0.1) is 0 Å². The van der Waals surface area contributed by atoms with E-state index in [0.717, 1.165) is 12.1 Å². The zero-order valence-corrected chi connectivity index (χ0v) is 17.0. The lowest BCUT2D eigenvalue weighted by Gasteiger charge is -2.35. The van der Waals surface area contributed by atoms with Crippen molar-refractivity contribution in [2.45, 2.75) is 12.8 Å². The Morgan fingerprint density at radius 3 is 2.55 bits per heavy atom. The number of methoxy groups -OCH3 is 1. The molecule has 0 bridgehead atoms. The highest BCUT2D eigenvalue weighted by Crippen LogP contribution is 2.26. The van der Waals surface area contributed by atoms with Gasteiger partial charge in [-0.3, -0.25) is 19.3 Å². The summed E-state index contributed by atoms with van der Waals surface area (Å²) in [6, 6.07) is 9.48. The Bertz CT molecular complexity index is 704. The van der Waals surface area contributed by atoms with E-state index in [9.17, 15) is 14.4 Å². The van der Waals surface area contributed by atoms with Crippen molar-refractivity contribution in [3.63, 3.8) is 0 Å². The molecule has 8 heteroatoms. The Labute approximate surface area is 171 Å². The van der Waals surface area contributed by atoms with E-state index in [0.29, 0.717) is 52.4 Å². The summed E-state index contributed by atoms with van der Waals surface area (Å²) in [7, 11) is 1.64. The molecule has 8 nitrogen and oxygen atoms in total. The van der Waals surface area contributed by atoms with E-state index >= 15 is 0 Å². The van der Waals surface area contributed by atoms with Crippen LogP contribution in [0.25, 0.3) is 0 Å². The number of carbonyl (C=O) groups excluding carboxylic acids is 3. The quantitative estimate of drug-likeness (QED) is 0.634. The van der Waals surface area contributed by atoms with Crippen LogP contribution in [-0.2, 0) is 19.1 Å². The lowest BCUT2D eigenvalue weighted by atomic mass is 10.1. The van der Waals surface area contributed by atoms with Gasteiger partial charge in [0.15, 0.2) is 0 Å². The largest absolute Gasteiger partial charge is 0.385 e. The molecule has 29 heavy (non-hydrogen) atoms. The van der Waals surface area contributed by atoms with Gasteiger partial charge in [0.05, 0.1) is 12.5 Å². The summed E-state index contributed by atoms with van der Waals surface area (Å²) in [5.74, 6) is -0.252. The average Bonchev–Trinajstić information content (AvgIpc) is 3.13. The van der Waals surface area contributed by atoms with Crippen LogP contribution in [0.5, 0.6) is 0 Å². The first-order chi connectivity index (χ1) is 14.1. The van der Waals surface area contributed by atoms with Gasteiger partial charge in [0.25, 0.3) is 0 Å². The van der Waals surface area contributed by atoms with Gasteiger partial charge in [0.1, 0.15) is 0 Å². The van der Waals surface area contributed by atoms with Crippen molar-refractivity contribution in [3.8, 4) is 0 Å². The molecule has 1 aromatic carbocycles. The van der Waals surface area contributed by atoms with Gasteiger partial charge in [0, 0.05) is 65.1 Å². The summed E-state index contributed by atoms with van der Waals surface area (Å²) in [6.45, 7) is 4.54. The Kier molecular flexibility index (Phi) is 7.60. The van der Waals surface area contributed by atoms with Gasteiger partial charge in [-0.1, -0.05) is 18.2 Å². The van der Waals surface area contributed by atoms with Gasteiger partial charge in [0.2, 0.25) is 17.7 Å². The first-order valence-corrected chi connectivity index (χ1v) is 10.2.